The lowest BCUT2D eigenvalue weighted by Gasteiger charge is -2.01. The normalized spacial score (nSPS) is 12.8. The van der Waals surface area contributed by atoms with Gasteiger partial charge < -0.3 is 5.73 Å². The van der Waals surface area contributed by atoms with Crippen LogP contribution in [0.4, 0.5) is 0 Å². The Morgan fingerprint density at radius 1 is 1.75 bits per heavy atom. The zero-order chi connectivity index (χ0) is 8.97. The number of carbonyl (C=O) groups is 1. The van der Waals surface area contributed by atoms with Crippen LogP contribution >= 0.6 is 11.3 Å². The standard InChI is InChI=1S/C9H13NOS/c1-7(10)9(11)3-2-8-4-5-12-6-8/h4-7H,2-3,10H2,1H3. The van der Waals surface area contributed by atoms with E-state index in [1.54, 1.807) is 18.3 Å². The minimum atomic E-state index is -0.316. The SMILES string of the molecule is CC(N)C(=O)CCc1ccsc1. The molecule has 1 aromatic heterocycles. The van der Waals surface area contributed by atoms with Gasteiger partial charge in [-0.2, -0.15) is 11.3 Å². The quantitative estimate of drug-likeness (QED) is 0.770. The third kappa shape index (κ3) is 2.75. The molecule has 12 heavy (non-hydrogen) atoms. The van der Waals surface area contributed by atoms with Crippen molar-refractivity contribution in [1.29, 1.82) is 0 Å². The van der Waals surface area contributed by atoms with Crippen LogP contribution < -0.4 is 5.73 Å². The number of thiophene rings is 1. The molecule has 0 radical (unpaired) electrons. The fourth-order valence-electron chi connectivity index (χ4n) is 0.930. The molecular formula is C9H13NOS. The van der Waals surface area contributed by atoms with E-state index >= 15 is 0 Å². The van der Waals surface area contributed by atoms with Gasteiger partial charge >= 0.3 is 0 Å². The van der Waals surface area contributed by atoms with Gasteiger partial charge in [-0.25, -0.2) is 0 Å². The topological polar surface area (TPSA) is 43.1 Å². The number of carbonyl (C=O) groups excluding carboxylic acids is 1. The van der Waals surface area contributed by atoms with Crippen molar-refractivity contribution in [3.05, 3.63) is 22.4 Å². The smallest absolute Gasteiger partial charge is 0.149 e. The first-order valence-corrected chi connectivity index (χ1v) is 4.94. The molecule has 1 atom stereocenters. The van der Waals surface area contributed by atoms with Gasteiger partial charge in [0.25, 0.3) is 0 Å². The summed E-state index contributed by atoms with van der Waals surface area (Å²) in [5.74, 6) is 0.140. The van der Waals surface area contributed by atoms with E-state index < -0.39 is 0 Å². The second kappa shape index (κ2) is 4.38. The zero-order valence-corrected chi connectivity index (χ0v) is 7.93. The molecule has 0 saturated carbocycles. The first-order chi connectivity index (χ1) is 5.70. The molecule has 0 spiro atoms. The molecule has 0 aromatic carbocycles. The molecular weight excluding hydrogens is 170 g/mol. The molecule has 2 nitrogen and oxygen atoms in total. The molecule has 0 aliphatic carbocycles. The van der Waals surface area contributed by atoms with E-state index in [-0.39, 0.29) is 11.8 Å². The molecule has 1 heterocycles. The van der Waals surface area contributed by atoms with E-state index in [2.05, 4.69) is 5.38 Å². The Balaban J connectivity index is 2.32. The van der Waals surface area contributed by atoms with E-state index in [9.17, 15) is 4.79 Å². The Morgan fingerprint density at radius 2 is 2.50 bits per heavy atom. The van der Waals surface area contributed by atoms with Crippen LogP contribution in [-0.4, -0.2) is 11.8 Å². The largest absolute Gasteiger partial charge is 0.322 e. The Bertz CT molecular complexity index is 241. The van der Waals surface area contributed by atoms with E-state index in [1.807, 2.05) is 11.4 Å². The fourth-order valence-corrected chi connectivity index (χ4v) is 1.63. The molecule has 0 amide bonds. The average Bonchev–Trinajstić information content (AvgIpc) is 2.51. The van der Waals surface area contributed by atoms with E-state index in [1.165, 1.54) is 5.56 Å². The van der Waals surface area contributed by atoms with Crippen molar-refractivity contribution in [3.63, 3.8) is 0 Å². The van der Waals surface area contributed by atoms with Gasteiger partial charge in [0.05, 0.1) is 6.04 Å². The van der Waals surface area contributed by atoms with Gasteiger partial charge in [-0.05, 0) is 35.7 Å². The van der Waals surface area contributed by atoms with E-state index in [0.717, 1.165) is 6.42 Å². The summed E-state index contributed by atoms with van der Waals surface area (Å²) in [6, 6.07) is 1.72. The van der Waals surface area contributed by atoms with Crippen LogP contribution in [0.3, 0.4) is 0 Å². The molecule has 1 aromatic rings. The summed E-state index contributed by atoms with van der Waals surface area (Å²) in [5, 5.41) is 4.08. The van der Waals surface area contributed by atoms with Crippen LogP contribution in [0, 0.1) is 0 Å². The number of Topliss-reactive ketones (excluding diaryl/α,β-unsaturated/α-hetero) is 1. The molecule has 2 N–H and O–H groups in total. The molecule has 0 bridgehead atoms. The third-order valence-corrected chi connectivity index (χ3v) is 2.48. The van der Waals surface area contributed by atoms with Crippen LogP contribution in [0.2, 0.25) is 0 Å². The Labute approximate surface area is 76.4 Å². The number of aryl methyl sites for hydroxylation is 1. The Kier molecular flexibility index (Phi) is 3.44. The minimum Gasteiger partial charge on any atom is -0.322 e. The highest BCUT2D eigenvalue weighted by atomic mass is 32.1. The Morgan fingerprint density at radius 3 is 3.00 bits per heavy atom. The molecule has 1 unspecified atom stereocenters. The maximum absolute atomic E-state index is 11.1. The van der Waals surface area contributed by atoms with Gasteiger partial charge in [-0.1, -0.05) is 0 Å². The number of rotatable bonds is 4. The minimum absolute atomic E-state index is 0.140. The lowest BCUT2D eigenvalue weighted by atomic mass is 10.1. The highest BCUT2D eigenvalue weighted by Gasteiger charge is 2.06. The summed E-state index contributed by atoms with van der Waals surface area (Å²) >= 11 is 1.66. The van der Waals surface area contributed by atoms with Gasteiger partial charge in [0.15, 0.2) is 0 Å². The summed E-state index contributed by atoms with van der Waals surface area (Å²) in [7, 11) is 0. The summed E-state index contributed by atoms with van der Waals surface area (Å²) in [5.41, 5.74) is 6.66. The van der Waals surface area contributed by atoms with Crippen LogP contribution in [0.15, 0.2) is 16.8 Å². The molecule has 0 aliphatic rings. The van der Waals surface area contributed by atoms with Gasteiger partial charge in [0.2, 0.25) is 0 Å². The molecule has 1 rings (SSSR count). The maximum atomic E-state index is 11.1. The number of nitrogens with two attached hydrogens (primary N) is 1. The van der Waals surface area contributed by atoms with Crippen molar-refractivity contribution in [2.45, 2.75) is 25.8 Å². The van der Waals surface area contributed by atoms with Gasteiger partial charge in [-0.15, -0.1) is 0 Å². The van der Waals surface area contributed by atoms with Gasteiger partial charge in [-0.3, -0.25) is 4.79 Å². The van der Waals surface area contributed by atoms with Crippen LogP contribution in [0.25, 0.3) is 0 Å². The first-order valence-electron chi connectivity index (χ1n) is 3.99. The number of hydrogen-bond acceptors (Lipinski definition) is 3. The lowest BCUT2D eigenvalue weighted by molar-refractivity contribution is -0.119. The second-order valence-electron chi connectivity index (χ2n) is 2.89. The predicted molar refractivity (Wildman–Crippen MR) is 51.3 cm³/mol. The van der Waals surface area contributed by atoms with Crippen molar-refractivity contribution in [2.24, 2.45) is 5.73 Å². The van der Waals surface area contributed by atoms with Gasteiger partial charge in [0.1, 0.15) is 5.78 Å². The van der Waals surface area contributed by atoms with Crippen LogP contribution in [-0.2, 0) is 11.2 Å². The molecule has 0 aliphatic heterocycles. The first kappa shape index (κ1) is 9.42. The van der Waals surface area contributed by atoms with Crippen molar-refractivity contribution in [1.82, 2.24) is 0 Å². The highest BCUT2D eigenvalue weighted by Crippen LogP contribution is 2.08. The monoisotopic (exact) mass is 183 g/mol. The number of ketones is 1. The summed E-state index contributed by atoms with van der Waals surface area (Å²) in [4.78, 5) is 11.1. The van der Waals surface area contributed by atoms with E-state index in [4.69, 9.17) is 5.73 Å². The predicted octanol–water partition coefficient (Wildman–Crippen LogP) is 1.60. The zero-order valence-electron chi connectivity index (χ0n) is 7.12. The fraction of sp³-hybridized carbons (Fsp3) is 0.444. The van der Waals surface area contributed by atoms with Crippen LogP contribution in [0.1, 0.15) is 18.9 Å². The molecule has 0 saturated heterocycles. The number of hydrogen-bond donors (Lipinski definition) is 1. The second-order valence-corrected chi connectivity index (χ2v) is 3.67. The lowest BCUT2D eigenvalue weighted by Crippen LogP contribution is -2.26. The summed E-state index contributed by atoms with van der Waals surface area (Å²) in [6.07, 6.45) is 1.39. The highest BCUT2D eigenvalue weighted by molar-refractivity contribution is 7.07. The molecule has 66 valence electrons. The average molecular weight is 183 g/mol. The maximum Gasteiger partial charge on any atom is 0.149 e. The summed E-state index contributed by atoms with van der Waals surface area (Å²) in [6.45, 7) is 1.73. The third-order valence-electron chi connectivity index (χ3n) is 1.75. The van der Waals surface area contributed by atoms with Crippen molar-refractivity contribution in [2.75, 3.05) is 0 Å². The van der Waals surface area contributed by atoms with Crippen LogP contribution in [0.5, 0.6) is 0 Å². The molecule has 3 heteroatoms. The Hall–Kier alpha value is -0.670. The van der Waals surface area contributed by atoms with Crippen molar-refractivity contribution >= 4 is 17.1 Å². The van der Waals surface area contributed by atoms with E-state index in [0.29, 0.717) is 6.42 Å². The summed E-state index contributed by atoms with van der Waals surface area (Å²) < 4.78 is 0. The molecule has 0 fully saturated rings. The van der Waals surface area contributed by atoms with Crippen molar-refractivity contribution < 1.29 is 4.79 Å². The van der Waals surface area contributed by atoms with Gasteiger partial charge in [0, 0.05) is 6.42 Å². The van der Waals surface area contributed by atoms with Crippen molar-refractivity contribution in [3.8, 4) is 0 Å².